The Morgan fingerprint density at radius 3 is 3.04 bits per heavy atom. The summed E-state index contributed by atoms with van der Waals surface area (Å²) in [5.41, 5.74) is 2.39. The van der Waals surface area contributed by atoms with Gasteiger partial charge < -0.3 is 9.30 Å². The SMILES string of the molecule is c1cncc(CN2CC[C@]3(C2)Cn2c(-c4cccs4)cnc2CO3)c1. The molecule has 5 nitrogen and oxygen atoms in total. The molecular weight excluding hydrogens is 332 g/mol. The summed E-state index contributed by atoms with van der Waals surface area (Å²) >= 11 is 1.77. The van der Waals surface area contributed by atoms with E-state index in [9.17, 15) is 0 Å². The smallest absolute Gasteiger partial charge is 0.135 e. The average molecular weight is 352 g/mol. The first-order valence-electron chi connectivity index (χ1n) is 8.65. The van der Waals surface area contributed by atoms with Crippen LogP contribution >= 0.6 is 11.3 Å². The summed E-state index contributed by atoms with van der Waals surface area (Å²) in [6, 6.07) is 8.41. The van der Waals surface area contributed by atoms with E-state index in [1.165, 1.54) is 16.1 Å². The van der Waals surface area contributed by atoms with Crippen molar-refractivity contribution in [3.63, 3.8) is 0 Å². The number of aromatic nitrogens is 3. The molecule has 1 fully saturated rings. The van der Waals surface area contributed by atoms with Crippen LogP contribution in [0.25, 0.3) is 10.6 Å². The van der Waals surface area contributed by atoms with Gasteiger partial charge >= 0.3 is 0 Å². The van der Waals surface area contributed by atoms with Crippen molar-refractivity contribution < 1.29 is 4.74 Å². The Kier molecular flexibility index (Phi) is 3.69. The maximum absolute atomic E-state index is 6.31. The minimum atomic E-state index is -0.0953. The highest BCUT2D eigenvalue weighted by molar-refractivity contribution is 7.13. The lowest BCUT2D eigenvalue weighted by molar-refractivity contribution is -0.0821. The molecule has 0 aliphatic carbocycles. The maximum Gasteiger partial charge on any atom is 0.135 e. The zero-order valence-corrected chi connectivity index (χ0v) is 14.8. The molecule has 0 aromatic carbocycles. The molecule has 1 spiro atoms. The van der Waals surface area contributed by atoms with E-state index in [0.717, 1.165) is 38.4 Å². The third kappa shape index (κ3) is 2.80. The minimum absolute atomic E-state index is 0.0953. The summed E-state index contributed by atoms with van der Waals surface area (Å²) in [5.74, 6) is 1.04. The van der Waals surface area contributed by atoms with E-state index >= 15 is 0 Å². The van der Waals surface area contributed by atoms with Crippen molar-refractivity contribution in [2.75, 3.05) is 13.1 Å². The lowest BCUT2D eigenvalue weighted by Crippen LogP contribution is -2.44. The lowest BCUT2D eigenvalue weighted by Gasteiger charge is -2.35. The molecular formula is C19H20N4OS. The topological polar surface area (TPSA) is 43.2 Å². The highest BCUT2D eigenvalue weighted by atomic mass is 32.1. The first-order chi connectivity index (χ1) is 12.3. The number of rotatable bonds is 3. The Morgan fingerprint density at radius 1 is 1.20 bits per heavy atom. The molecule has 2 aliphatic rings. The molecule has 0 radical (unpaired) electrons. The standard InChI is InChI=1S/C19H20N4OS/c1-3-15(9-20-6-1)11-22-7-5-19(13-22)14-23-16(17-4-2-8-25-17)10-21-18(23)12-24-19/h1-4,6,8-10H,5,7,11-14H2/t19-/m0/s1. The van der Waals surface area contributed by atoms with E-state index in [0.29, 0.717) is 6.61 Å². The van der Waals surface area contributed by atoms with Gasteiger partial charge in [0.05, 0.1) is 23.3 Å². The van der Waals surface area contributed by atoms with Gasteiger partial charge in [-0.25, -0.2) is 4.98 Å². The number of thiophene rings is 1. The fourth-order valence-electron chi connectivity index (χ4n) is 3.94. The van der Waals surface area contributed by atoms with Gasteiger partial charge in [0.25, 0.3) is 0 Å². The van der Waals surface area contributed by atoms with Gasteiger partial charge in [-0.2, -0.15) is 0 Å². The van der Waals surface area contributed by atoms with Gasteiger partial charge in [0.15, 0.2) is 0 Å². The van der Waals surface area contributed by atoms with Gasteiger partial charge in [0.1, 0.15) is 18.0 Å². The van der Waals surface area contributed by atoms with Gasteiger partial charge in [-0.05, 0) is 29.5 Å². The van der Waals surface area contributed by atoms with Crippen LogP contribution < -0.4 is 0 Å². The normalized spacial score (nSPS) is 23.2. The Hall–Kier alpha value is -2.02. The average Bonchev–Trinajstić information content (AvgIpc) is 3.36. The predicted molar refractivity (Wildman–Crippen MR) is 97.2 cm³/mol. The van der Waals surface area contributed by atoms with Gasteiger partial charge in [-0.15, -0.1) is 11.3 Å². The molecule has 0 amide bonds. The molecule has 0 bridgehead atoms. The van der Waals surface area contributed by atoms with E-state index in [1.807, 2.05) is 24.7 Å². The van der Waals surface area contributed by atoms with Crippen LogP contribution in [0.3, 0.4) is 0 Å². The Morgan fingerprint density at radius 2 is 2.20 bits per heavy atom. The van der Waals surface area contributed by atoms with Crippen molar-refractivity contribution in [3.05, 3.63) is 59.6 Å². The molecule has 2 aliphatic heterocycles. The van der Waals surface area contributed by atoms with Crippen LogP contribution in [-0.2, 0) is 24.4 Å². The zero-order valence-electron chi connectivity index (χ0n) is 14.0. The van der Waals surface area contributed by atoms with E-state index in [4.69, 9.17) is 4.74 Å². The molecule has 6 heteroatoms. The number of hydrogen-bond acceptors (Lipinski definition) is 5. The fraction of sp³-hybridized carbons (Fsp3) is 0.368. The fourth-order valence-corrected chi connectivity index (χ4v) is 4.68. The molecule has 1 atom stereocenters. The number of fused-ring (bicyclic) bond motifs is 1. The number of imidazole rings is 1. The van der Waals surface area contributed by atoms with Crippen LogP contribution in [0, 0.1) is 0 Å². The summed E-state index contributed by atoms with van der Waals surface area (Å²) in [6.45, 7) is 4.45. The quantitative estimate of drug-likeness (QED) is 0.726. The van der Waals surface area contributed by atoms with Gasteiger partial charge in [-0.1, -0.05) is 12.1 Å². The van der Waals surface area contributed by atoms with Crippen molar-refractivity contribution in [2.45, 2.75) is 31.7 Å². The number of likely N-dealkylation sites (tertiary alicyclic amines) is 1. The molecule has 25 heavy (non-hydrogen) atoms. The van der Waals surface area contributed by atoms with E-state index in [1.54, 1.807) is 11.3 Å². The second-order valence-electron chi connectivity index (χ2n) is 6.92. The first-order valence-corrected chi connectivity index (χ1v) is 9.53. The van der Waals surface area contributed by atoms with Crippen LogP contribution in [0.1, 0.15) is 17.8 Å². The number of ether oxygens (including phenoxy) is 1. The number of hydrogen-bond donors (Lipinski definition) is 0. The molecule has 3 aromatic heterocycles. The number of pyridine rings is 1. The maximum atomic E-state index is 6.31. The largest absolute Gasteiger partial charge is 0.364 e. The predicted octanol–water partition coefficient (Wildman–Crippen LogP) is 3.18. The third-order valence-corrected chi connectivity index (χ3v) is 6.08. The second kappa shape index (κ2) is 6.05. The highest BCUT2D eigenvalue weighted by Gasteiger charge is 2.43. The zero-order chi connectivity index (χ0) is 16.7. The van der Waals surface area contributed by atoms with Gasteiger partial charge in [0, 0.05) is 32.0 Å². The summed E-state index contributed by atoms with van der Waals surface area (Å²) in [7, 11) is 0. The lowest BCUT2D eigenvalue weighted by atomic mass is 10.0. The molecule has 0 unspecified atom stereocenters. The molecule has 5 rings (SSSR count). The third-order valence-electron chi connectivity index (χ3n) is 5.19. The molecule has 5 heterocycles. The van der Waals surface area contributed by atoms with Crippen molar-refractivity contribution in [3.8, 4) is 10.6 Å². The van der Waals surface area contributed by atoms with Crippen LogP contribution in [0.4, 0.5) is 0 Å². The van der Waals surface area contributed by atoms with Crippen molar-refractivity contribution in [1.29, 1.82) is 0 Å². The van der Waals surface area contributed by atoms with Crippen LogP contribution in [0.15, 0.2) is 48.2 Å². The summed E-state index contributed by atoms with van der Waals surface area (Å²) < 4.78 is 8.68. The number of nitrogens with zero attached hydrogens (tertiary/aromatic N) is 4. The van der Waals surface area contributed by atoms with Crippen molar-refractivity contribution >= 4 is 11.3 Å². The summed E-state index contributed by atoms with van der Waals surface area (Å²) in [4.78, 5) is 12.6. The first kappa shape index (κ1) is 15.3. The van der Waals surface area contributed by atoms with Crippen LogP contribution in [0.5, 0.6) is 0 Å². The van der Waals surface area contributed by atoms with Crippen molar-refractivity contribution in [2.24, 2.45) is 0 Å². The van der Waals surface area contributed by atoms with E-state index in [-0.39, 0.29) is 5.60 Å². The van der Waals surface area contributed by atoms with E-state index < -0.39 is 0 Å². The molecule has 1 saturated heterocycles. The molecule has 3 aromatic rings. The highest BCUT2D eigenvalue weighted by Crippen LogP contribution is 2.36. The molecule has 0 N–H and O–H groups in total. The monoisotopic (exact) mass is 352 g/mol. The molecule has 128 valence electrons. The van der Waals surface area contributed by atoms with Crippen LogP contribution in [0.2, 0.25) is 0 Å². The Balaban J connectivity index is 1.36. The Labute approximate surface area is 150 Å². The second-order valence-corrected chi connectivity index (χ2v) is 7.86. The summed E-state index contributed by atoms with van der Waals surface area (Å²) in [5, 5.41) is 2.12. The Bertz CT molecular complexity index is 861. The van der Waals surface area contributed by atoms with Crippen LogP contribution in [-0.4, -0.2) is 38.1 Å². The summed E-state index contributed by atoms with van der Waals surface area (Å²) in [6.07, 6.45) is 6.84. The van der Waals surface area contributed by atoms with Crippen molar-refractivity contribution in [1.82, 2.24) is 19.4 Å². The van der Waals surface area contributed by atoms with Gasteiger partial charge in [0.2, 0.25) is 0 Å². The van der Waals surface area contributed by atoms with Gasteiger partial charge in [-0.3, -0.25) is 9.88 Å². The van der Waals surface area contributed by atoms with E-state index in [2.05, 4.69) is 43.0 Å². The minimum Gasteiger partial charge on any atom is -0.364 e. The molecule has 0 saturated carbocycles.